The van der Waals surface area contributed by atoms with Crippen molar-refractivity contribution in [1.29, 1.82) is 0 Å². The van der Waals surface area contributed by atoms with E-state index in [1.54, 1.807) is 34.6 Å². The molecule has 0 amide bonds. The summed E-state index contributed by atoms with van der Waals surface area (Å²) in [4.78, 5) is 35.7. The van der Waals surface area contributed by atoms with Crippen LogP contribution in [0.25, 0.3) is 0 Å². The van der Waals surface area contributed by atoms with Gasteiger partial charge < -0.3 is 53.0 Å². The molecule has 4 N–H and O–H groups in total. The van der Waals surface area contributed by atoms with Crippen LogP contribution in [0.5, 0.6) is 0 Å². The van der Waals surface area contributed by atoms with E-state index >= 15 is 0 Å². The van der Waals surface area contributed by atoms with Crippen LogP contribution in [0.15, 0.2) is 0 Å². The number of aliphatic hydroxyl groups excluding tert-OH is 4. The summed E-state index contributed by atoms with van der Waals surface area (Å²) in [5.41, 5.74) is -4.04. The fourth-order valence-corrected chi connectivity index (χ4v) is 8.41. The average Bonchev–Trinajstić information content (AvgIpc) is 3.12. The monoisotopic (exact) mass is 816 g/mol. The van der Waals surface area contributed by atoms with Crippen LogP contribution in [0.4, 0.5) is 0 Å². The Balaban J connectivity index is 7.76. The molecular weight excluding hydrogens is 753 g/mol. The number of aliphatic hydroxyl groups is 4. The molecule has 0 aliphatic rings. The molecule has 0 saturated carbocycles. The molecule has 4 radical (unpaired) electrons. The molecule has 0 spiro atoms. The summed E-state index contributed by atoms with van der Waals surface area (Å²) in [6.07, 6.45) is 1.92. The molecule has 0 aliphatic heterocycles. The van der Waals surface area contributed by atoms with Gasteiger partial charge in [0.1, 0.15) is 6.61 Å². The van der Waals surface area contributed by atoms with Crippen LogP contribution in [-0.2, 0) is 46.9 Å². The first-order valence-electron chi connectivity index (χ1n) is 17.9. The maximum Gasteiger partial charge on any atom is 0.302 e. The first-order chi connectivity index (χ1) is 24.7. The van der Waals surface area contributed by atoms with Gasteiger partial charge in [-0.05, 0) is 58.0 Å². The second-order valence-corrected chi connectivity index (χ2v) is 17.0. The number of hydrogen-bond acceptors (Lipinski definition) is 16. The number of carbonyl (C=O) groups is 3. The summed E-state index contributed by atoms with van der Waals surface area (Å²) >= 11 is 2.40. The molecular formula is C34H64O14S2Si2. The zero-order chi connectivity index (χ0) is 39.7. The first kappa shape index (κ1) is 51.5. The number of carbonyl (C=O) groups excluding carboxylic acids is 3. The Bertz CT molecular complexity index is 925. The van der Waals surface area contributed by atoms with Crippen LogP contribution in [-0.4, -0.2) is 139 Å². The lowest BCUT2D eigenvalue weighted by molar-refractivity contribution is -0.506. The normalized spacial score (nSPS) is 15.8. The molecule has 14 nitrogen and oxygen atoms in total. The van der Waals surface area contributed by atoms with Gasteiger partial charge in [-0.1, -0.05) is 44.3 Å². The molecule has 0 aromatic rings. The van der Waals surface area contributed by atoms with Crippen molar-refractivity contribution in [3.8, 4) is 0 Å². The minimum Gasteiger partial charge on any atom is -0.465 e. The van der Waals surface area contributed by atoms with Crippen LogP contribution in [0.1, 0.15) is 87.5 Å². The summed E-state index contributed by atoms with van der Waals surface area (Å²) in [6, 6.07) is 0.995. The van der Waals surface area contributed by atoms with Crippen molar-refractivity contribution >= 4 is 59.2 Å². The molecule has 0 saturated heterocycles. The fourth-order valence-electron chi connectivity index (χ4n) is 4.90. The van der Waals surface area contributed by atoms with E-state index in [1.165, 1.54) is 44.3 Å². The minimum atomic E-state index is -2.17. The van der Waals surface area contributed by atoms with E-state index in [0.717, 1.165) is 0 Å². The Labute approximate surface area is 324 Å². The van der Waals surface area contributed by atoms with E-state index in [2.05, 4.69) is 0 Å². The topological polar surface area (TPSA) is 197 Å². The molecule has 2 unspecified atom stereocenters. The van der Waals surface area contributed by atoms with Gasteiger partial charge in [0, 0.05) is 56.3 Å². The van der Waals surface area contributed by atoms with Gasteiger partial charge in [0.2, 0.25) is 19.5 Å². The summed E-state index contributed by atoms with van der Waals surface area (Å²) in [5.74, 6) is -3.84. The summed E-state index contributed by atoms with van der Waals surface area (Å²) < 4.78 is 45.5. The Morgan fingerprint density at radius 1 is 0.577 bits per heavy atom. The van der Waals surface area contributed by atoms with Gasteiger partial charge in [-0.15, -0.1) is 0 Å². The first-order valence-corrected chi connectivity index (χ1v) is 22.1. The maximum atomic E-state index is 12.6. The molecule has 304 valence electrons. The van der Waals surface area contributed by atoms with Crippen LogP contribution in [0.2, 0.25) is 12.1 Å². The average molecular weight is 817 g/mol. The number of hydrogen-bond donors (Lipinski definition) is 4. The number of thioether (sulfide) groups is 2. The van der Waals surface area contributed by atoms with Gasteiger partial charge in [0.15, 0.2) is 15.6 Å². The van der Waals surface area contributed by atoms with E-state index in [9.17, 15) is 34.8 Å². The molecule has 0 bridgehead atoms. The maximum absolute atomic E-state index is 12.6. The van der Waals surface area contributed by atoms with Gasteiger partial charge in [-0.3, -0.25) is 14.4 Å². The fraction of sp³-hybridized carbons (Fsp3) is 0.912. The third kappa shape index (κ3) is 15.6. The number of rotatable bonds is 33. The lowest BCUT2D eigenvalue weighted by atomic mass is 9.78. The van der Waals surface area contributed by atoms with Crippen molar-refractivity contribution in [2.45, 2.75) is 112 Å². The third-order valence-corrected chi connectivity index (χ3v) is 12.6. The molecule has 0 aliphatic carbocycles. The Morgan fingerprint density at radius 3 is 1.23 bits per heavy atom. The number of ether oxygens (including phenoxy) is 5. The van der Waals surface area contributed by atoms with Crippen molar-refractivity contribution < 1.29 is 67.3 Å². The highest BCUT2D eigenvalue weighted by atomic mass is 32.2. The quantitative estimate of drug-likeness (QED) is 0.0325. The predicted molar refractivity (Wildman–Crippen MR) is 203 cm³/mol. The predicted octanol–water partition coefficient (Wildman–Crippen LogP) is 3.57. The highest BCUT2D eigenvalue weighted by Crippen LogP contribution is 2.53. The highest BCUT2D eigenvalue weighted by molar-refractivity contribution is 8.13. The zero-order valence-corrected chi connectivity index (χ0v) is 36.0. The largest absolute Gasteiger partial charge is 0.465 e. The smallest absolute Gasteiger partial charge is 0.302 e. The molecule has 52 heavy (non-hydrogen) atoms. The van der Waals surface area contributed by atoms with E-state index in [4.69, 9.17) is 32.5 Å². The second kappa shape index (κ2) is 27.2. The lowest BCUT2D eigenvalue weighted by Gasteiger charge is -2.56. The third-order valence-electron chi connectivity index (χ3n) is 8.81. The second-order valence-electron chi connectivity index (χ2n) is 12.5. The molecule has 2 atom stereocenters. The van der Waals surface area contributed by atoms with Crippen LogP contribution < -0.4 is 0 Å². The van der Waals surface area contributed by atoms with Crippen LogP contribution in [0.3, 0.4) is 0 Å². The van der Waals surface area contributed by atoms with Gasteiger partial charge in [0.05, 0.1) is 39.6 Å². The van der Waals surface area contributed by atoms with E-state index < -0.39 is 67.2 Å². The van der Waals surface area contributed by atoms with Crippen LogP contribution >= 0.6 is 23.5 Å². The molecule has 0 rings (SSSR count). The molecule has 0 aromatic carbocycles. The summed E-state index contributed by atoms with van der Waals surface area (Å²) in [7, 11) is -0.559. The summed E-state index contributed by atoms with van der Waals surface area (Å²) in [6.45, 7) is 10.4. The van der Waals surface area contributed by atoms with Crippen LogP contribution in [0, 0.1) is 16.2 Å². The minimum absolute atomic E-state index is 0.00280. The number of esters is 1. The Kier molecular flexibility index (Phi) is 27.0. The summed E-state index contributed by atoms with van der Waals surface area (Å²) in [5, 5.41) is 41.7. The SMILES string of the molecule is CCOC(OCC(CC)(CO)CO)(O[Si]CCCSC(C)=O)C(CC)(COC(C)=O)C(OCC)(OCC(CC)(CO)CO)O[Si]CCCSC(C)=O. The van der Waals surface area contributed by atoms with Crippen molar-refractivity contribution in [3.63, 3.8) is 0 Å². The van der Waals surface area contributed by atoms with Gasteiger partial charge in [0.25, 0.3) is 11.9 Å². The van der Waals surface area contributed by atoms with Crippen molar-refractivity contribution in [1.82, 2.24) is 0 Å². The zero-order valence-electron chi connectivity index (χ0n) is 32.4. The Hall–Kier alpha value is -0.456. The van der Waals surface area contributed by atoms with E-state index in [-0.39, 0.29) is 62.6 Å². The Morgan fingerprint density at radius 2 is 0.962 bits per heavy atom. The van der Waals surface area contributed by atoms with Gasteiger partial charge in [-0.25, -0.2) is 0 Å². The van der Waals surface area contributed by atoms with Crippen molar-refractivity contribution in [2.24, 2.45) is 16.2 Å². The highest BCUT2D eigenvalue weighted by Gasteiger charge is 2.70. The molecule has 0 heterocycles. The molecule has 18 heteroatoms. The molecule has 0 aromatic heterocycles. The van der Waals surface area contributed by atoms with Crippen molar-refractivity contribution in [3.05, 3.63) is 0 Å². The van der Waals surface area contributed by atoms with E-state index in [0.29, 0.717) is 49.3 Å². The van der Waals surface area contributed by atoms with Gasteiger partial charge in [-0.2, -0.15) is 0 Å². The van der Waals surface area contributed by atoms with Crippen molar-refractivity contribution in [2.75, 3.05) is 71.0 Å². The molecule has 0 fully saturated rings. The van der Waals surface area contributed by atoms with E-state index in [1.807, 2.05) is 0 Å². The standard InChI is InChI=1S/C34H64O14S2Si2/c1-9-30(20-35,21-36)24-45-33(43-12-4,47-51-18-14-16-49-28(7)40)32(11-3,26-42-27(6)39)34(44-13-5,46-25-31(10-2,22-37)23-38)48-52-19-15-17-50-29(8)41/h35-38H,9-26H2,1-8H3. The van der Waals surface area contributed by atoms with Gasteiger partial charge >= 0.3 is 5.97 Å². The lowest BCUT2D eigenvalue weighted by Crippen LogP contribution is -2.71.